The molecule has 1 aromatic heterocycles. The summed E-state index contributed by atoms with van der Waals surface area (Å²) in [5.74, 6) is -1.35. The molecule has 22 heavy (non-hydrogen) atoms. The lowest BCUT2D eigenvalue weighted by molar-refractivity contribution is -0.139. The van der Waals surface area contributed by atoms with Crippen LogP contribution in [0.25, 0.3) is 0 Å². The van der Waals surface area contributed by atoms with Crippen LogP contribution in [0.5, 0.6) is 0 Å². The molecule has 0 saturated carbocycles. The van der Waals surface area contributed by atoms with Crippen LogP contribution in [-0.4, -0.2) is 17.0 Å². The van der Waals surface area contributed by atoms with Crippen LogP contribution in [0.15, 0.2) is 35.7 Å². The second-order valence-electron chi connectivity index (χ2n) is 5.41. The number of carbonyl (C=O) groups excluding carboxylic acids is 1. The van der Waals surface area contributed by atoms with Crippen molar-refractivity contribution in [3.8, 4) is 0 Å². The van der Waals surface area contributed by atoms with Gasteiger partial charge in [-0.15, -0.1) is 11.3 Å². The number of carbonyl (C=O) groups is 2. The summed E-state index contributed by atoms with van der Waals surface area (Å²) in [6.45, 7) is 0. The van der Waals surface area contributed by atoms with E-state index in [1.54, 1.807) is 35.6 Å². The standard InChI is InChI=1S/C17H17NO3S/c19-16(13-10-22-14-9-5-4-8-12(13)14)18-15(17(20)21)11-6-2-1-3-7-11/h1-3,6-7,10,15H,4-5,8-9H2,(H,18,19)(H,20,21)/t15-/m1/s1. The minimum absolute atomic E-state index is 0.296. The molecule has 1 heterocycles. The smallest absolute Gasteiger partial charge is 0.330 e. The van der Waals surface area contributed by atoms with Crippen molar-refractivity contribution in [2.45, 2.75) is 31.7 Å². The lowest BCUT2D eigenvalue weighted by Gasteiger charge is -2.16. The molecule has 1 aliphatic carbocycles. The minimum Gasteiger partial charge on any atom is -0.479 e. The van der Waals surface area contributed by atoms with Gasteiger partial charge >= 0.3 is 5.97 Å². The Hall–Kier alpha value is -2.14. The van der Waals surface area contributed by atoms with Crippen LogP contribution in [0.4, 0.5) is 0 Å². The van der Waals surface area contributed by atoms with Gasteiger partial charge in [0.1, 0.15) is 0 Å². The van der Waals surface area contributed by atoms with E-state index in [-0.39, 0.29) is 5.91 Å². The predicted molar refractivity (Wildman–Crippen MR) is 85.2 cm³/mol. The number of thiophene rings is 1. The normalized spacial score (nSPS) is 14.9. The fourth-order valence-corrected chi connectivity index (χ4v) is 3.95. The van der Waals surface area contributed by atoms with Crippen LogP contribution < -0.4 is 5.32 Å². The first-order chi connectivity index (χ1) is 10.7. The Morgan fingerprint density at radius 1 is 1.14 bits per heavy atom. The number of nitrogens with one attached hydrogen (secondary N) is 1. The van der Waals surface area contributed by atoms with Gasteiger partial charge in [-0.2, -0.15) is 0 Å². The summed E-state index contributed by atoms with van der Waals surface area (Å²) in [5, 5.41) is 13.9. The van der Waals surface area contributed by atoms with Crippen LogP contribution in [0.3, 0.4) is 0 Å². The van der Waals surface area contributed by atoms with Crippen molar-refractivity contribution in [2.75, 3.05) is 0 Å². The maximum atomic E-state index is 12.5. The third kappa shape index (κ3) is 2.90. The number of aryl methyl sites for hydroxylation is 1. The number of hydrogen-bond donors (Lipinski definition) is 2. The number of carboxylic acid groups (broad SMARTS) is 1. The average molecular weight is 315 g/mol. The fourth-order valence-electron chi connectivity index (χ4n) is 2.83. The number of aliphatic carboxylic acids is 1. The second kappa shape index (κ2) is 6.32. The van der Waals surface area contributed by atoms with Crippen molar-refractivity contribution in [3.05, 3.63) is 57.3 Å². The summed E-state index contributed by atoms with van der Waals surface area (Å²) >= 11 is 1.60. The highest BCUT2D eigenvalue weighted by atomic mass is 32.1. The molecule has 2 N–H and O–H groups in total. The maximum Gasteiger partial charge on any atom is 0.330 e. The van der Waals surface area contributed by atoms with E-state index in [0.29, 0.717) is 11.1 Å². The number of hydrogen-bond acceptors (Lipinski definition) is 3. The summed E-state index contributed by atoms with van der Waals surface area (Å²) in [5.41, 5.74) is 2.32. The van der Waals surface area contributed by atoms with Crippen molar-refractivity contribution < 1.29 is 14.7 Å². The van der Waals surface area contributed by atoms with Crippen LogP contribution in [0, 0.1) is 0 Å². The van der Waals surface area contributed by atoms with Gasteiger partial charge in [-0.05, 0) is 36.8 Å². The monoisotopic (exact) mass is 315 g/mol. The summed E-state index contributed by atoms with van der Waals surface area (Å²) in [4.78, 5) is 25.2. The molecule has 2 aromatic rings. The number of fused-ring (bicyclic) bond motifs is 1. The molecule has 1 atom stereocenters. The van der Waals surface area contributed by atoms with E-state index < -0.39 is 12.0 Å². The molecular formula is C17H17NO3S. The quantitative estimate of drug-likeness (QED) is 0.910. The first kappa shape index (κ1) is 14.8. The molecule has 1 aliphatic rings. The highest BCUT2D eigenvalue weighted by Gasteiger charge is 2.25. The zero-order valence-electron chi connectivity index (χ0n) is 12.0. The third-order valence-corrected chi connectivity index (χ3v) is 5.05. The number of amides is 1. The Labute approximate surface area is 132 Å². The molecule has 3 rings (SSSR count). The van der Waals surface area contributed by atoms with Gasteiger partial charge in [-0.1, -0.05) is 30.3 Å². The molecule has 1 aromatic carbocycles. The average Bonchev–Trinajstić information content (AvgIpc) is 2.97. The minimum atomic E-state index is -1.05. The SMILES string of the molecule is O=C(N[C@@H](C(=O)O)c1ccccc1)c1csc2c1CCCC2. The Kier molecular flexibility index (Phi) is 4.24. The van der Waals surface area contributed by atoms with Gasteiger partial charge in [0.05, 0.1) is 5.56 Å². The van der Waals surface area contributed by atoms with Crippen molar-refractivity contribution >= 4 is 23.2 Å². The molecule has 0 radical (unpaired) electrons. The highest BCUT2D eigenvalue weighted by molar-refractivity contribution is 7.10. The second-order valence-corrected chi connectivity index (χ2v) is 6.38. The largest absolute Gasteiger partial charge is 0.479 e. The maximum absolute atomic E-state index is 12.5. The number of carboxylic acids is 1. The van der Waals surface area contributed by atoms with E-state index in [0.717, 1.165) is 31.2 Å². The van der Waals surface area contributed by atoms with Gasteiger partial charge in [0, 0.05) is 10.3 Å². The van der Waals surface area contributed by atoms with Crippen molar-refractivity contribution in [2.24, 2.45) is 0 Å². The molecule has 0 spiro atoms. The topological polar surface area (TPSA) is 66.4 Å². The lowest BCUT2D eigenvalue weighted by atomic mass is 9.95. The van der Waals surface area contributed by atoms with Crippen molar-refractivity contribution in [1.29, 1.82) is 0 Å². The van der Waals surface area contributed by atoms with Crippen LogP contribution in [-0.2, 0) is 17.6 Å². The Morgan fingerprint density at radius 2 is 1.86 bits per heavy atom. The molecule has 0 aliphatic heterocycles. The van der Waals surface area contributed by atoms with Crippen molar-refractivity contribution in [3.63, 3.8) is 0 Å². The Bertz CT molecular complexity index is 693. The zero-order chi connectivity index (χ0) is 15.5. The van der Waals surface area contributed by atoms with E-state index in [2.05, 4.69) is 5.32 Å². The van der Waals surface area contributed by atoms with Gasteiger partial charge in [0.15, 0.2) is 6.04 Å². The van der Waals surface area contributed by atoms with E-state index in [1.165, 1.54) is 4.88 Å². The van der Waals surface area contributed by atoms with Gasteiger partial charge in [-0.3, -0.25) is 4.79 Å². The Morgan fingerprint density at radius 3 is 2.59 bits per heavy atom. The fraction of sp³-hybridized carbons (Fsp3) is 0.294. The van der Waals surface area contributed by atoms with E-state index in [1.807, 2.05) is 11.4 Å². The molecule has 4 nitrogen and oxygen atoms in total. The molecule has 0 unspecified atom stereocenters. The van der Waals surface area contributed by atoms with Crippen molar-refractivity contribution in [1.82, 2.24) is 5.32 Å². The van der Waals surface area contributed by atoms with E-state index >= 15 is 0 Å². The van der Waals surface area contributed by atoms with Gasteiger partial charge in [0.2, 0.25) is 0 Å². The summed E-state index contributed by atoms with van der Waals surface area (Å²) in [7, 11) is 0. The molecule has 0 bridgehead atoms. The molecule has 5 heteroatoms. The Balaban J connectivity index is 1.83. The first-order valence-electron chi connectivity index (χ1n) is 7.34. The van der Waals surface area contributed by atoms with E-state index in [9.17, 15) is 14.7 Å². The van der Waals surface area contributed by atoms with Crippen LogP contribution in [0.1, 0.15) is 45.2 Å². The lowest BCUT2D eigenvalue weighted by Crippen LogP contribution is -2.34. The zero-order valence-corrected chi connectivity index (χ0v) is 12.9. The van der Waals surface area contributed by atoms with Crippen LogP contribution >= 0.6 is 11.3 Å². The van der Waals surface area contributed by atoms with Gasteiger partial charge < -0.3 is 10.4 Å². The molecular weight excluding hydrogens is 298 g/mol. The summed E-state index contributed by atoms with van der Waals surface area (Å²) < 4.78 is 0. The predicted octanol–water partition coefficient (Wildman–Crippen LogP) is 3.18. The summed E-state index contributed by atoms with van der Waals surface area (Å²) in [6.07, 6.45) is 4.18. The molecule has 114 valence electrons. The van der Waals surface area contributed by atoms with Gasteiger partial charge in [-0.25, -0.2) is 4.79 Å². The third-order valence-electron chi connectivity index (χ3n) is 3.96. The molecule has 0 fully saturated rings. The molecule has 0 saturated heterocycles. The first-order valence-corrected chi connectivity index (χ1v) is 8.22. The summed E-state index contributed by atoms with van der Waals surface area (Å²) in [6, 6.07) is 7.75. The van der Waals surface area contributed by atoms with E-state index in [4.69, 9.17) is 0 Å². The van der Waals surface area contributed by atoms with Gasteiger partial charge in [0.25, 0.3) is 5.91 Å². The highest BCUT2D eigenvalue weighted by Crippen LogP contribution is 2.30. The van der Waals surface area contributed by atoms with Crippen LogP contribution in [0.2, 0.25) is 0 Å². The molecule has 1 amide bonds. The number of benzene rings is 1. The number of rotatable bonds is 4.